The second-order valence-corrected chi connectivity index (χ2v) is 4.37. The third kappa shape index (κ3) is 2.09. The molecule has 17 heavy (non-hydrogen) atoms. The molecule has 0 aromatic carbocycles. The van der Waals surface area contributed by atoms with Gasteiger partial charge in [0, 0.05) is 28.1 Å². The van der Waals surface area contributed by atoms with E-state index in [0.29, 0.717) is 6.54 Å². The smallest absolute Gasteiger partial charge is 0.0982 e. The van der Waals surface area contributed by atoms with E-state index in [-0.39, 0.29) is 0 Å². The molecule has 0 unspecified atom stereocenters. The normalized spacial score (nSPS) is 10.6. The molecule has 86 valence electrons. The van der Waals surface area contributed by atoms with Crippen LogP contribution >= 0.6 is 11.3 Å². The number of thiophene rings is 1. The maximum atomic E-state index is 5.10. The van der Waals surface area contributed by atoms with Crippen molar-refractivity contribution in [3.63, 3.8) is 0 Å². The minimum Gasteiger partial charge on any atom is -0.472 e. The first-order valence-electron chi connectivity index (χ1n) is 5.24. The highest BCUT2D eigenvalue weighted by molar-refractivity contribution is 7.08. The van der Waals surface area contributed by atoms with E-state index in [1.165, 1.54) is 5.56 Å². The molecule has 0 bridgehead atoms. The second-order valence-electron chi connectivity index (χ2n) is 3.63. The molecular formula is C12H11N3OS. The number of hydrogen-bond acceptors (Lipinski definition) is 4. The van der Waals surface area contributed by atoms with Crippen LogP contribution in [0.25, 0.3) is 11.1 Å². The molecule has 2 N–H and O–H groups in total. The van der Waals surface area contributed by atoms with Gasteiger partial charge in [0.1, 0.15) is 0 Å². The summed E-state index contributed by atoms with van der Waals surface area (Å²) in [4.78, 5) is 7.11. The van der Waals surface area contributed by atoms with Crippen LogP contribution in [-0.2, 0) is 6.54 Å². The number of imidazole rings is 1. The van der Waals surface area contributed by atoms with Crippen LogP contribution in [0.2, 0.25) is 0 Å². The Labute approximate surface area is 102 Å². The summed E-state index contributed by atoms with van der Waals surface area (Å²) >= 11 is 1.67. The van der Waals surface area contributed by atoms with Crippen LogP contribution in [0.3, 0.4) is 0 Å². The first-order chi connectivity index (χ1) is 8.43. The number of anilines is 1. The molecular weight excluding hydrogens is 234 g/mol. The third-order valence-corrected chi connectivity index (χ3v) is 3.25. The van der Waals surface area contributed by atoms with Gasteiger partial charge in [-0.05, 0) is 6.07 Å². The predicted molar refractivity (Wildman–Crippen MR) is 67.9 cm³/mol. The summed E-state index contributed by atoms with van der Waals surface area (Å²) in [6.45, 7) is 0.713. The molecule has 3 heterocycles. The maximum absolute atomic E-state index is 5.10. The standard InChI is InChI=1S/C12H11N3OS/c1-2-16-5-9(1)11-6-17-7-12(11)14-4-10-3-13-8-15-10/h1-3,5-8,14H,4H2,(H,13,15). The number of H-pyrrole nitrogens is 1. The average Bonchev–Trinajstić information content (AvgIpc) is 3.09. The van der Waals surface area contributed by atoms with Crippen LogP contribution < -0.4 is 5.32 Å². The quantitative estimate of drug-likeness (QED) is 0.741. The highest BCUT2D eigenvalue weighted by Gasteiger charge is 2.07. The van der Waals surface area contributed by atoms with Gasteiger partial charge in [0.25, 0.3) is 0 Å². The molecule has 5 heteroatoms. The maximum Gasteiger partial charge on any atom is 0.0982 e. The topological polar surface area (TPSA) is 53.9 Å². The molecule has 0 atom stereocenters. The lowest BCUT2D eigenvalue weighted by atomic mass is 10.1. The molecule has 0 amide bonds. The van der Waals surface area contributed by atoms with Gasteiger partial charge in [-0.1, -0.05) is 0 Å². The fourth-order valence-corrected chi connectivity index (χ4v) is 2.46. The van der Waals surface area contributed by atoms with E-state index in [4.69, 9.17) is 4.42 Å². The van der Waals surface area contributed by atoms with Crippen LogP contribution in [0, 0.1) is 0 Å². The van der Waals surface area contributed by atoms with Crippen molar-refractivity contribution in [2.24, 2.45) is 0 Å². The van der Waals surface area contributed by atoms with Crippen molar-refractivity contribution in [1.29, 1.82) is 0 Å². The minimum absolute atomic E-state index is 0.713. The highest BCUT2D eigenvalue weighted by atomic mass is 32.1. The SMILES string of the molecule is c1nc(CNc2cscc2-c2ccoc2)c[nH]1. The first-order valence-corrected chi connectivity index (χ1v) is 6.18. The lowest BCUT2D eigenvalue weighted by molar-refractivity contribution is 0.568. The summed E-state index contributed by atoms with van der Waals surface area (Å²) in [7, 11) is 0. The molecule has 0 aliphatic heterocycles. The minimum atomic E-state index is 0.713. The van der Waals surface area contributed by atoms with Crippen LogP contribution in [-0.4, -0.2) is 9.97 Å². The first kappa shape index (κ1) is 10.2. The Morgan fingerprint density at radius 3 is 3.18 bits per heavy atom. The van der Waals surface area contributed by atoms with Crippen molar-refractivity contribution >= 4 is 17.0 Å². The fraction of sp³-hybridized carbons (Fsp3) is 0.0833. The monoisotopic (exact) mass is 245 g/mol. The Bertz CT molecular complexity index is 569. The summed E-state index contributed by atoms with van der Waals surface area (Å²) in [5.41, 5.74) is 4.36. The van der Waals surface area contributed by atoms with Gasteiger partial charge in [-0.15, -0.1) is 11.3 Å². The lowest BCUT2D eigenvalue weighted by Gasteiger charge is -2.04. The summed E-state index contributed by atoms with van der Waals surface area (Å²) in [6, 6.07) is 1.96. The molecule has 0 saturated carbocycles. The second kappa shape index (κ2) is 4.47. The van der Waals surface area contributed by atoms with E-state index in [2.05, 4.69) is 26.0 Å². The van der Waals surface area contributed by atoms with E-state index in [1.54, 1.807) is 30.2 Å². The zero-order valence-corrected chi connectivity index (χ0v) is 9.83. The van der Waals surface area contributed by atoms with Crippen molar-refractivity contribution in [2.45, 2.75) is 6.54 Å². The van der Waals surface area contributed by atoms with E-state index in [0.717, 1.165) is 16.9 Å². The van der Waals surface area contributed by atoms with Crippen molar-refractivity contribution in [1.82, 2.24) is 9.97 Å². The van der Waals surface area contributed by atoms with Crippen molar-refractivity contribution in [3.05, 3.63) is 47.6 Å². The Balaban J connectivity index is 1.78. The molecule has 0 saturated heterocycles. The van der Waals surface area contributed by atoms with E-state index in [9.17, 15) is 0 Å². The number of rotatable bonds is 4. The van der Waals surface area contributed by atoms with Crippen LogP contribution in [0.5, 0.6) is 0 Å². The summed E-state index contributed by atoms with van der Waals surface area (Å²) < 4.78 is 5.10. The Morgan fingerprint density at radius 1 is 1.41 bits per heavy atom. The van der Waals surface area contributed by atoms with Crippen molar-refractivity contribution in [3.8, 4) is 11.1 Å². The summed E-state index contributed by atoms with van der Waals surface area (Å²) in [6.07, 6.45) is 7.00. The van der Waals surface area contributed by atoms with E-state index in [1.807, 2.05) is 12.3 Å². The Hall–Kier alpha value is -2.01. The summed E-state index contributed by atoms with van der Waals surface area (Å²) in [5, 5.41) is 7.57. The zero-order chi connectivity index (χ0) is 11.5. The average molecular weight is 245 g/mol. The van der Waals surface area contributed by atoms with E-state index < -0.39 is 0 Å². The third-order valence-electron chi connectivity index (χ3n) is 2.51. The number of aromatic amines is 1. The molecule has 0 aliphatic rings. The molecule has 4 nitrogen and oxygen atoms in total. The van der Waals surface area contributed by atoms with Crippen molar-refractivity contribution in [2.75, 3.05) is 5.32 Å². The van der Waals surface area contributed by atoms with Gasteiger partial charge >= 0.3 is 0 Å². The number of nitrogens with one attached hydrogen (secondary N) is 2. The van der Waals surface area contributed by atoms with Crippen LogP contribution in [0.1, 0.15) is 5.69 Å². The molecule has 0 radical (unpaired) electrons. The Kier molecular flexibility index (Phi) is 2.67. The number of furan rings is 1. The number of nitrogens with zero attached hydrogens (tertiary/aromatic N) is 1. The van der Waals surface area contributed by atoms with E-state index >= 15 is 0 Å². The molecule has 0 aliphatic carbocycles. The van der Waals surface area contributed by atoms with Gasteiger partial charge in [-0.25, -0.2) is 4.98 Å². The van der Waals surface area contributed by atoms with Crippen molar-refractivity contribution < 1.29 is 4.42 Å². The van der Waals surface area contributed by atoms with Gasteiger partial charge in [-0.2, -0.15) is 0 Å². The van der Waals surface area contributed by atoms with Gasteiger partial charge in [0.05, 0.1) is 36.8 Å². The lowest BCUT2D eigenvalue weighted by Crippen LogP contribution is -1.99. The van der Waals surface area contributed by atoms with Gasteiger partial charge in [0.15, 0.2) is 0 Å². The van der Waals surface area contributed by atoms with Gasteiger partial charge in [0.2, 0.25) is 0 Å². The highest BCUT2D eigenvalue weighted by Crippen LogP contribution is 2.32. The van der Waals surface area contributed by atoms with Gasteiger partial charge in [-0.3, -0.25) is 0 Å². The largest absolute Gasteiger partial charge is 0.472 e. The van der Waals surface area contributed by atoms with Crippen LogP contribution in [0.15, 0.2) is 46.3 Å². The molecule has 0 fully saturated rings. The molecule has 3 aromatic rings. The predicted octanol–water partition coefficient (Wildman–Crippen LogP) is 3.34. The molecule has 3 rings (SSSR count). The molecule has 0 spiro atoms. The fourth-order valence-electron chi connectivity index (χ4n) is 1.65. The zero-order valence-electron chi connectivity index (χ0n) is 9.01. The molecule has 3 aromatic heterocycles. The number of hydrogen-bond donors (Lipinski definition) is 2. The Morgan fingerprint density at radius 2 is 2.41 bits per heavy atom. The summed E-state index contributed by atoms with van der Waals surface area (Å²) in [5.74, 6) is 0. The van der Waals surface area contributed by atoms with Crippen LogP contribution in [0.4, 0.5) is 5.69 Å². The van der Waals surface area contributed by atoms with Gasteiger partial charge < -0.3 is 14.7 Å². The number of aromatic nitrogens is 2.